The molecule has 0 unspecified atom stereocenters. The number of carbonyl (C=O) groups excluding carboxylic acids is 1. The van der Waals surface area contributed by atoms with Crippen LogP contribution in [0.3, 0.4) is 0 Å². The van der Waals surface area contributed by atoms with E-state index in [1.165, 1.54) is 11.3 Å². The Morgan fingerprint density at radius 1 is 1.36 bits per heavy atom. The third kappa shape index (κ3) is 3.07. The van der Waals surface area contributed by atoms with Gasteiger partial charge in [-0.2, -0.15) is 4.98 Å². The number of hydrogen-bond acceptors (Lipinski definition) is 7. The van der Waals surface area contributed by atoms with E-state index in [4.69, 9.17) is 4.52 Å². The number of rotatable bonds is 5. The molecule has 0 fully saturated rings. The van der Waals surface area contributed by atoms with Gasteiger partial charge in [-0.3, -0.25) is 4.79 Å². The molecule has 0 aliphatic rings. The number of carbonyl (C=O) groups is 1. The van der Waals surface area contributed by atoms with Crippen LogP contribution in [0.25, 0.3) is 9.88 Å². The van der Waals surface area contributed by atoms with Gasteiger partial charge in [-0.25, -0.2) is 4.98 Å². The second kappa shape index (κ2) is 6.37. The van der Waals surface area contributed by atoms with Crippen molar-refractivity contribution in [2.75, 3.05) is 6.54 Å². The van der Waals surface area contributed by atoms with Crippen molar-refractivity contribution in [1.82, 2.24) is 20.0 Å². The normalized spacial score (nSPS) is 10.8. The molecule has 0 saturated heterocycles. The van der Waals surface area contributed by atoms with Gasteiger partial charge in [-0.05, 0) is 25.3 Å². The van der Waals surface area contributed by atoms with E-state index >= 15 is 0 Å². The first-order valence-electron chi connectivity index (χ1n) is 6.75. The van der Waals surface area contributed by atoms with Crippen molar-refractivity contribution in [2.45, 2.75) is 20.4 Å². The molecule has 3 heterocycles. The summed E-state index contributed by atoms with van der Waals surface area (Å²) in [5.41, 5.74) is 0.450. The highest BCUT2D eigenvalue weighted by atomic mass is 32.1. The first-order chi connectivity index (χ1) is 10.7. The van der Waals surface area contributed by atoms with Crippen LogP contribution in [0.4, 0.5) is 0 Å². The van der Waals surface area contributed by atoms with Crippen molar-refractivity contribution in [3.63, 3.8) is 0 Å². The third-order valence-electron chi connectivity index (χ3n) is 3.02. The molecule has 0 aliphatic heterocycles. The van der Waals surface area contributed by atoms with Crippen LogP contribution in [0.1, 0.15) is 29.1 Å². The van der Waals surface area contributed by atoms with Gasteiger partial charge in [0.1, 0.15) is 17.2 Å². The zero-order valence-electron chi connectivity index (χ0n) is 12.1. The zero-order valence-corrected chi connectivity index (χ0v) is 13.8. The van der Waals surface area contributed by atoms with Crippen LogP contribution in [-0.4, -0.2) is 32.5 Å². The van der Waals surface area contributed by atoms with Crippen molar-refractivity contribution in [3.05, 3.63) is 40.3 Å². The minimum atomic E-state index is -0.127. The van der Waals surface area contributed by atoms with Crippen LogP contribution in [0.5, 0.6) is 0 Å². The lowest BCUT2D eigenvalue weighted by atomic mass is 10.3. The number of nitrogens with zero attached hydrogens (tertiary/aromatic N) is 4. The van der Waals surface area contributed by atoms with Crippen molar-refractivity contribution in [3.8, 4) is 9.88 Å². The molecule has 3 aromatic rings. The number of aryl methyl sites for hydroxylation is 1. The maximum absolute atomic E-state index is 12.6. The number of thiophene rings is 1. The van der Waals surface area contributed by atoms with Gasteiger partial charge in [-0.15, -0.1) is 22.7 Å². The van der Waals surface area contributed by atoms with E-state index in [1.54, 1.807) is 28.5 Å². The monoisotopic (exact) mass is 334 g/mol. The quantitative estimate of drug-likeness (QED) is 0.716. The molecule has 0 N–H and O–H groups in total. The Kier molecular flexibility index (Phi) is 4.30. The van der Waals surface area contributed by atoms with Crippen LogP contribution >= 0.6 is 22.7 Å². The smallest absolute Gasteiger partial charge is 0.273 e. The van der Waals surface area contributed by atoms with E-state index in [1.807, 2.05) is 24.4 Å². The van der Waals surface area contributed by atoms with Gasteiger partial charge in [0.05, 0.1) is 4.88 Å². The first-order valence-corrected chi connectivity index (χ1v) is 8.51. The Hall–Kier alpha value is -2.06. The highest BCUT2D eigenvalue weighted by Gasteiger charge is 2.20. The molecule has 3 aromatic heterocycles. The van der Waals surface area contributed by atoms with Gasteiger partial charge in [0.15, 0.2) is 5.82 Å². The van der Waals surface area contributed by atoms with Crippen molar-refractivity contribution < 1.29 is 9.32 Å². The Balaban J connectivity index is 1.76. The number of amides is 1. The van der Waals surface area contributed by atoms with Crippen LogP contribution in [0, 0.1) is 6.92 Å². The molecule has 0 atom stereocenters. The fourth-order valence-electron chi connectivity index (χ4n) is 1.94. The van der Waals surface area contributed by atoms with Gasteiger partial charge in [-0.1, -0.05) is 11.2 Å². The lowest BCUT2D eigenvalue weighted by molar-refractivity contribution is 0.0729. The summed E-state index contributed by atoms with van der Waals surface area (Å²) >= 11 is 3.08. The molecule has 0 bridgehead atoms. The topological polar surface area (TPSA) is 72.1 Å². The first kappa shape index (κ1) is 14.9. The molecule has 6 nitrogen and oxygen atoms in total. The van der Waals surface area contributed by atoms with Crippen LogP contribution in [0.15, 0.2) is 27.4 Å². The average molecular weight is 334 g/mol. The van der Waals surface area contributed by atoms with Gasteiger partial charge in [0, 0.05) is 11.9 Å². The molecule has 0 aromatic carbocycles. The summed E-state index contributed by atoms with van der Waals surface area (Å²) in [6.07, 6.45) is 0. The SMILES string of the molecule is CCN(Cc1nc(C)no1)C(=O)c1csc(-c2cccs2)n1. The predicted octanol–water partition coefficient (Wildman–Crippen LogP) is 3.23. The number of thiazole rings is 1. The molecule has 0 spiro atoms. The molecule has 0 saturated carbocycles. The highest BCUT2D eigenvalue weighted by molar-refractivity contribution is 7.20. The van der Waals surface area contributed by atoms with Gasteiger partial charge < -0.3 is 9.42 Å². The van der Waals surface area contributed by atoms with Crippen molar-refractivity contribution in [1.29, 1.82) is 0 Å². The lowest BCUT2D eigenvalue weighted by Crippen LogP contribution is -2.30. The standard InChI is InChI=1S/C14H14N4O2S2/c1-3-18(7-12-15-9(2)17-20-12)14(19)10-8-22-13(16-10)11-5-4-6-21-11/h4-6,8H,3,7H2,1-2H3. The lowest BCUT2D eigenvalue weighted by Gasteiger charge is -2.17. The molecular weight excluding hydrogens is 320 g/mol. The van der Waals surface area contributed by atoms with Gasteiger partial charge >= 0.3 is 0 Å². The summed E-state index contributed by atoms with van der Waals surface area (Å²) in [7, 11) is 0. The molecule has 0 radical (unpaired) electrons. The Morgan fingerprint density at radius 3 is 2.86 bits per heavy atom. The molecule has 22 heavy (non-hydrogen) atoms. The van der Waals surface area contributed by atoms with Crippen molar-refractivity contribution in [2.24, 2.45) is 0 Å². The predicted molar refractivity (Wildman–Crippen MR) is 84.9 cm³/mol. The van der Waals surface area contributed by atoms with E-state index in [0.29, 0.717) is 30.5 Å². The van der Waals surface area contributed by atoms with E-state index in [0.717, 1.165) is 9.88 Å². The fourth-order valence-corrected chi connectivity index (χ4v) is 3.55. The molecule has 0 aliphatic carbocycles. The molecule has 3 rings (SSSR count). The second-order valence-electron chi connectivity index (χ2n) is 4.57. The van der Waals surface area contributed by atoms with Crippen LogP contribution in [-0.2, 0) is 6.54 Å². The maximum atomic E-state index is 12.6. The maximum Gasteiger partial charge on any atom is 0.273 e. The minimum absolute atomic E-state index is 0.127. The molecular formula is C14H14N4O2S2. The molecule has 1 amide bonds. The minimum Gasteiger partial charge on any atom is -0.337 e. The Labute approximate surface area is 135 Å². The zero-order chi connectivity index (χ0) is 15.5. The second-order valence-corrected chi connectivity index (χ2v) is 6.38. The van der Waals surface area contributed by atoms with Gasteiger partial charge in [0.25, 0.3) is 5.91 Å². The van der Waals surface area contributed by atoms with Crippen LogP contribution in [0.2, 0.25) is 0 Å². The van der Waals surface area contributed by atoms with E-state index in [9.17, 15) is 4.79 Å². The van der Waals surface area contributed by atoms with Crippen molar-refractivity contribution >= 4 is 28.6 Å². The Bertz CT molecular complexity index is 764. The fraction of sp³-hybridized carbons (Fsp3) is 0.286. The van der Waals surface area contributed by atoms with Gasteiger partial charge in [0.2, 0.25) is 5.89 Å². The molecule has 114 valence electrons. The summed E-state index contributed by atoms with van der Waals surface area (Å²) in [6, 6.07) is 3.97. The third-order valence-corrected chi connectivity index (χ3v) is 4.90. The number of hydrogen-bond donors (Lipinski definition) is 0. The largest absolute Gasteiger partial charge is 0.337 e. The summed E-state index contributed by atoms with van der Waals surface area (Å²) in [6.45, 7) is 4.50. The number of aromatic nitrogens is 3. The average Bonchev–Trinajstić information content (AvgIpc) is 3.24. The summed E-state index contributed by atoms with van der Waals surface area (Å²) in [5.74, 6) is 0.867. The van der Waals surface area contributed by atoms with E-state index in [2.05, 4.69) is 15.1 Å². The van der Waals surface area contributed by atoms with E-state index < -0.39 is 0 Å². The summed E-state index contributed by atoms with van der Waals surface area (Å²) in [5, 5.41) is 8.39. The van der Waals surface area contributed by atoms with Crippen LogP contribution < -0.4 is 0 Å². The highest BCUT2D eigenvalue weighted by Crippen LogP contribution is 2.28. The summed E-state index contributed by atoms with van der Waals surface area (Å²) in [4.78, 5) is 23.8. The van der Waals surface area contributed by atoms with E-state index in [-0.39, 0.29) is 5.91 Å². The Morgan fingerprint density at radius 2 is 2.23 bits per heavy atom. The summed E-state index contributed by atoms with van der Waals surface area (Å²) < 4.78 is 5.08. The molecule has 8 heteroatoms.